The van der Waals surface area contributed by atoms with Gasteiger partial charge >= 0.3 is 0 Å². The van der Waals surface area contributed by atoms with Gasteiger partial charge in [0.25, 0.3) is 11.8 Å². The second-order valence-corrected chi connectivity index (χ2v) is 16.6. The summed E-state index contributed by atoms with van der Waals surface area (Å²) in [4.78, 5) is 51.6. The van der Waals surface area contributed by atoms with Gasteiger partial charge in [-0.25, -0.2) is 24.9 Å². The highest BCUT2D eigenvalue weighted by molar-refractivity contribution is 5.99. The Labute approximate surface area is 369 Å². The Kier molecular flexibility index (Phi) is 10.3. The molecule has 0 aliphatic carbocycles. The molecule has 2 saturated heterocycles. The van der Waals surface area contributed by atoms with Crippen molar-refractivity contribution < 1.29 is 9.59 Å². The molecule has 2 fully saturated rings. The summed E-state index contributed by atoms with van der Waals surface area (Å²) in [5, 5.41) is 12.5. The number of piperidine rings is 2. The van der Waals surface area contributed by atoms with Crippen LogP contribution in [0.5, 0.6) is 0 Å². The molecular weight excluding hydrogens is 803 g/mol. The number of nitrogens with one attached hydrogen (secondary N) is 4. The Balaban J connectivity index is 0.000000143. The molecule has 12 rings (SSSR count). The number of imidazole rings is 2. The number of carbonyl (C=O) groups excluding carboxylic acids is 2. The van der Waals surface area contributed by atoms with E-state index in [0.717, 1.165) is 99.4 Å². The molecule has 9 heterocycles. The van der Waals surface area contributed by atoms with Gasteiger partial charge in [0.2, 0.25) is 0 Å². The average molecular weight is 850 g/mol. The lowest BCUT2D eigenvalue weighted by atomic mass is 10.0. The largest absolute Gasteiger partial charge is 0.372 e. The van der Waals surface area contributed by atoms with Crippen molar-refractivity contribution in [3.8, 4) is 22.5 Å². The monoisotopic (exact) mass is 849 g/mol. The van der Waals surface area contributed by atoms with Gasteiger partial charge in [0.05, 0.1) is 35.7 Å². The van der Waals surface area contributed by atoms with E-state index in [1.807, 2.05) is 76.2 Å². The zero-order valence-corrected chi connectivity index (χ0v) is 35.3. The number of hydrogen-bond donors (Lipinski definition) is 4. The van der Waals surface area contributed by atoms with E-state index in [9.17, 15) is 9.59 Å². The third-order valence-corrected chi connectivity index (χ3v) is 12.6. The minimum absolute atomic E-state index is 0.0108. The maximum Gasteiger partial charge on any atom is 0.251 e. The third-order valence-electron chi connectivity index (χ3n) is 12.6. The van der Waals surface area contributed by atoms with Crippen molar-refractivity contribution in [1.82, 2.24) is 44.4 Å². The zero-order chi connectivity index (χ0) is 43.0. The van der Waals surface area contributed by atoms with Crippen LogP contribution in [0.1, 0.15) is 70.4 Å². The van der Waals surface area contributed by atoms with Gasteiger partial charge in [-0.05, 0) is 110 Å². The SMILES string of the molecule is O=C1NCc2cc(-c3cnc(Nc4ccc(N5CCCCC5)cc4)c4nccn34)ccc21.O=C1NCc2cc(-c3cnc(Nc4ccc(N5CCCCC5)nc4)c4nccn34)ccc21. The lowest BCUT2D eigenvalue weighted by molar-refractivity contribution is 0.0957. The maximum atomic E-state index is 11.9. The topological polar surface area (TPSA) is 162 Å². The van der Waals surface area contributed by atoms with Crippen LogP contribution in [-0.4, -0.2) is 71.7 Å². The molecule has 8 aromatic rings. The van der Waals surface area contributed by atoms with Crippen LogP contribution in [0.25, 0.3) is 33.8 Å². The van der Waals surface area contributed by atoms with Crippen LogP contribution in [0.15, 0.2) is 116 Å². The van der Waals surface area contributed by atoms with Crippen molar-refractivity contribution >= 4 is 57.6 Å². The molecule has 4 aliphatic heterocycles. The lowest BCUT2D eigenvalue weighted by Gasteiger charge is -2.28. The lowest BCUT2D eigenvalue weighted by Crippen LogP contribution is -2.29. The number of aromatic nitrogens is 7. The number of fused-ring (bicyclic) bond motifs is 4. The Hall–Kier alpha value is -7.81. The average Bonchev–Trinajstić information content (AvgIpc) is 4.19. The number of anilines is 6. The highest BCUT2D eigenvalue weighted by atomic mass is 16.2. The minimum atomic E-state index is -0.0167. The van der Waals surface area contributed by atoms with E-state index >= 15 is 0 Å². The van der Waals surface area contributed by atoms with Gasteiger partial charge in [-0.3, -0.25) is 18.4 Å². The molecule has 15 heteroatoms. The third kappa shape index (κ3) is 7.58. The van der Waals surface area contributed by atoms with E-state index in [1.165, 1.54) is 44.2 Å². The van der Waals surface area contributed by atoms with Gasteiger partial charge in [0.1, 0.15) is 5.82 Å². The second-order valence-electron chi connectivity index (χ2n) is 16.6. The molecule has 4 aliphatic rings. The molecule has 0 spiro atoms. The Morgan fingerprint density at radius 2 is 1.02 bits per heavy atom. The van der Waals surface area contributed by atoms with Crippen molar-refractivity contribution in [2.45, 2.75) is 51.6 Å². The first-order valence-electron chi connectivity index (χ1n) is 22.1. The van der Waals surface area contributed by atoms with Crippen LogP contribution in [0.2, 0.25) is 0 Å². The van der Waals surface area contributed by atoms with Crippen LogP contribution in [-0.2, 0) is 13.1 Å². The quantitative estimate of drug-likeness (QED) is 0.117. The summed E-state index contributed by atoms with van der Waals surface area (Å²) in [5.41, 5.74) is 12.0. The molecule has 0 atom stereocenters. The number of pyridine rings is 1. The standard InChI is InChI=1S/C25H24N6O.C24H23N7O/c32-25-21-9-4-17(14-18(21)15-28-25)22-16-27-23(24-26-10-13-31(22)24)29-19-5-7-20(8-6-19)30-11-2-1-3-12-30;32-24-19-6-4-16(12-17(19)13-28-24)20-15-27-22(23-25-8-11-31(20)23)29-18-5-7-21(26-14-18)30-9-2-1-3-10-30/h4-10,13-14,16H,1-3,11-12,15H2,(H,27,29)(H,28,32);4-8,11-12,14-15H,1-3,9-10,13H2,(H,27,29)(H,28,32). The number of hydrogen-bond acceptors (Lipinski definition) is 11. The predicted molar refractivity (Wildman–Crippen MR) is 249 cm³/mol. The first kappa shape index (κ1) is 39.1. The molecule has 0 unspecified atom stereocenters. The van der Waals surface area contributed by atoms with Crippen LogP contribution in [0, 0.1) is 0 Å². The van der Waals surface area contributed by atoms with Crippen molar-refractivity contribution in [3.05, 3.63) is 138 Å². The number of nitrogens with zero attached hydrogens (tertiary/aromatic N) is 9. The van der Waals surface area contributed by atoms with Crippen LogP contribution < -0.4 is 31.1 Å². The van der Waals surface area contributed by atoms with E-state index < -0.39 is 0 Å². The Morgan fingerprint density at radius 3 is 1.55 bits per heavy atom. The maximum absolute atomic E-state index is 11.9. The van der Waals surface area contributed by atoms with Crippen molar-refractivity contribution in [1.29, 1.82) is 0 Å². The molecule has 3 aromatic carbocycles. The Bertz CT molecular complexity index is 2820. The van der Waals surface area contributed by atoms with Gasteiger partial charge in [-0.15, -0.1) is 0 Å². The minimum Gasteiger partial charge on any atom is -0.372 e. The fourth-order valence-electron chi connectivity index (χ4n) is 9.18. The van der Waals surface area contributed by atoms with E-state index in [4.69, 9.17) is 0 Å². The molecule has 64 heavy (non-hydrogen) atoms. The van der Waals surface area contributed by atoms with E-state index in [2.05, 4.69) is 92.4 Å². The van der Waals surface area contributed by atoms with Crippen LogP contribution >= 0.6 is 0 Å². The van der Waals surface area contributed by atoms with Gasteiger partial charge in [-0.2, -0.15) is 0 Å². The van der Waals surface area contributed by atoms with Gasteiger partial charge in [0.15, 0.2) is 22.9 Å². The number of carbonyl (C=O) groups is 2. The molecule has 15 nitrogen and oxygen atoms in total. The number of rotatable bonds is 8. The fourth-order valence-corrected chi connectivity index (χ4v) is 9.18. The van der Waals surface area contributed by atoms with E-state index in [1.54, 1.807) is 12.4 Å². The van der Waals surface area contributed by atoms with E-state index in [0.29, 0.717) is 24.7 Å². The molecule has 4 N–H and O–H groups in total. The fraction of sp³-hybridized carbons (Fsp3) is 0.245. The van der Waals surface area contributed by atoms with Crippen LogP contribution in [0.3, 0.4) is 0 Å². The molecule has 0 radical (unpaired) electrons. The van der Waals surface area contributed by atoms with Crippen LogP contribution in [0.4, 0.5) is 34.5 Å². The molecule has 2 amide bonds. The first-order chi connectivity index (χ1) is 31.5. The number of benzene rings is 3. The molecule has 0 bridgehead atoms. The Morgan fingerprint density at radius 1 is 0.500 bits per heavy atom. The summed E-state index contributed by atoms with van der Waals surface area (Å²) in [5.74, 6) is 2.38. The van der Waals surface area contributed by atoms with Crippen molar-refractivity contribution in [3.63, 3.8) is 0 Å². The molecule has 5 aromatic heterocycles. The first-order valence-corrected chi connectivity index (χ1v) is 22.1. The summed E-state index contributed by atoms with van der Waals surface area (Å²) in [6.45, 7) is 5.54. The predicted octanol–water partition coefficient (Wildman–Crippen LogP) is 8.14. The smallest absolute Gasteiger partial charge is 0.251 e. The summed E-state index contributed by atoms with van der Waals surface area (Å²) >= 11 is 0. The van der Waals surface area contributed by atoms with Gasteiger partial charge < -0.3 is 31.1 Å². The summed E-state index contributed by atoms with van der Waals surface area (Å²) in [7, 11) is 0. The summed E-state index contributed by atoms with van der Waals surface area (Å²) in [6.07, 6.45) is 20.6. The number of amides is 2. The highest BCUT2D eigenvalue weighted by Crippen LogP contribution is 2.31. The van der Waals surface area contributed by atoms with Crippen molar-refractivity contribution in [2.24, 2.45) is 0 Å². The second kappa shape index (κ2) is 16.8. The van der Waals surface area contributed by atoms with Gasteiger partial charge in [-0.1, -0.05) is 12.1 Å². The van der Waals surface area contributed by atoms with Gasteiger partial charge in [0, 0.05) is 97.7 Å². The molecular formula is C49H47N13O2. The zero-order valence-electron chi connectivity index (χ0n) is 35.3. The highest BCUT2D eigenvalue weighted by Gasteiger charge is 2.22. The summed E-state index contributed by atoms with van der Waals surface area (Å²) in [6, 6.07) is 24.4. The summed E-state index contributed by atoms with van der Waals surface area (Å²) < 4.78 is 4.04. The van der Waals surface area contributed by atoms with E-state index in [-0.39, 0.29) is 11.8 Å². The molecule has 320 valence electrons. The normalized spacial score (nSPS) is 15.6. The molecule has 0 saturated carbocycles. The van der Waals surface area contributed by atoms with Crippen molar-refractivity contribution in [2.75, 3.05) is 46.6 Å².